The largest absolute Gasteiger partial charge is 0.488 e. The molecule has 4 rings (SSSR count). The van der Waals surface area contributed by atoms with Gasteiger partial charge in [-0.1, -0.05) is 48.7 Å². The summed E-state index contributed by atoms with van der Waals surface area (Å²) in [6.45, 7) is 1.48. The number of thioether (sulfide) groups is 1. The molecule has 2 aliphatic heterocycles. The molecule has 0 saturated carbocycles. The van der Waals surface area contributed by atoms with E-state index in [1.807, 2.05) is 36.4 Å². The van der Waals surface area contributed by atoms with Crippen LogP contribution >= 0.6 is 39.3 Å². The molecule has 6 nitrogen and oxygen atoms in total. The summed E-state index contributed by atoms with van der Waals surface area (Å²) < 4.78 is 6.58. The van der Waals surface area contributed by atoms with Crippen LogP contribution in [0.3, 0.4) is 0 Å². The van der Waals surface area contributed by atoms with Crippen LogP contribution < -0.4 is 4.74 Å². The van der Waals surface area contributed by atoms with E-state index in [0.717, 1.165) is 53.5 Å². The van der Waals surface area contributed by atoms with Crippen molar-refractivity contribution in [3.63, 3.8) is 0 Å². The third-order valence-electron chi connectivity index (χ3n) is 5.72. The lowest BCUT2D eigenvalue weighted by atomic mass is 10.2. The molecular formula is C25H24BrClN2O4S. The normalized spacial score (nSPS) is 17.9. The van der Waals surface area contributed by atoms with Gasteiger partial charge in [-0.2, -0.15) is 0 Å². The van der Waals surface area contributed by atoms with Crippen molar-refractivity contribution in [1.82, 2.24) is 9.80 Å². The van der Waals surface area contributed by atoms with Gasteiger partial charge in [0, 0.05) is 23.7 Å². The van der Waals surface area contributed by atoms with Crippen LogP contribution in [0.15, 0.2) is 51.8 Å². The lowest BCUT2D eigenvalue weighted by Crippen LogP contribution is -2.42. The number of amides is 3. The number of imide groups is 1. The van der Waals surface area contributed by atoms with E-state index in [4.69, 9.17) is 16.3 Å². The fourth-order valence-corrected chi connectivity index (χ4v) is 5.38. The highest BCUT2D eigenvalue weighted by atomic mass is 79.9. The fourth-order valence-electron chi connectivity index (χ4n) is 3.84. The zero-order valence-corrected chi connectivity index (χ0v) is 21.6. The average molecular weight is 564 g/mol. The number of carbonyl (C=O) groups excluding carboxylic acids is 3. The van der Waals surface area contributed by atoms with Crippen LogP contribution in [0.5, 0.6) is 5.75 Å². The molecule has 2 aromatic carbocycles. The number of halogens is 2. The molecular weight excluding hydrogens is 540 g/mol. The van der Waals surface area contributed by atoms with Gasteiger partial charge in [-0.25, -0.2) is 0 Å². The Morgan fingerprint density at radius 2 is 1.82 bits per heavy atom. The quantitative estimate of drug-likeness (QED) is 0.396. The van der Waals surface area contributed by atoms with Gasteiger partial charge in [0.05, 0.1) is 9.38 Å². The summed E-state index contributed by atoms with van der Waals surface area (Å²) in [7, 11) is 0. The summed E-state index contributed by atoms with van der Waals surface area (Å²) in [6.07, 6.45) is 5.78. The average Bonchev–Trinajstić information content (AvgIpc) is 3.01. The second-order valence-electron chi connectivity index (χ2n) is 8.13. The first-order valence-electron chi connectivity index (χ1n) is 11.1. The molecule has 2 saturated heterocycles. The molecule has 3 amide bonds. The summed E-state index contributed by atoms with van der Waals surface area (Å²) >= 11 is 10.5. The lowest BCUT2D eigenvalue weighted by molar-refractivity contribution is -0.135. The second-order valence-corrected chi connectivity index (χ2v) is 10.4. The van der Waals surface area contributed by atoms with Crippen molar-refractivity contribution < 1.29 is 19.1 Å². The maximum atomic E-state index is 12.8. The van der Waals surface area contributed by atoms with E-state index in [-0.39, 0.29) is 12.5 Å². The van der Waals surface area contributed by atoms with Crippen LogP contribution in [-0.2, 0) is 16.2 Å². The summed E-state index contributed by atoms with van der Waals surface area (Å²) in [5.41, 5.74) is 1.62. The Bertz CT molecular complexity index is 1130. The van der Waals surface area contributed by atoms with Gasteiger partial charge < -0.3 is 9.64 Å². The zero-order valence-electron chi connectivity index (χ0n) is 18.5. The Labute approximate surface area is 216 Å². The molecule has 178 valence electrons. The van der Waals surface area contributed by atoms with Crippen LogP contribution in [0.25, 0.3) is 6.08 Å². The summed E-state index contributed by atoms with van der Waals surface area (Å²) in [4.78, 5) is 41.1. The number of ether oxygens (including phenoxy) is 1. The number of likely N-dealkylation sites (tertiary alicyclic amines) is 1. The predicted octanol–water partition coefficient (Wildman–Crippen LogP) is 6.12. The van der Waals surface area contributed by atoms with Crippen molar-refractivity contribution in [2.24, 2.45) is 0 Å². The first-order valence-corrected chi connectivity index (χ1v) is 13.1. The van der Waals surface area contributed by atoms with E-state index in [9.17, 15) is 14.4 Å². The van der Waals surface area contributed by atoms with Crippen molar-refractivity contribution in [2.45, 2.75) is 32.3 Å². The Kier molecular flexibility index (Phi) is 8.34. The molecule has 0 radical (unpaired) electrons. The highest BCUT2D eigenvalue weighted by Crippen LogP contribution is 2.34. The Hall–Kier alpha value is -2.29. The Morgan fingerprint density at radius 3 is 2.53 bits per heavy atom. The third kappa shape index (κ3) is 6.03. The molecule has 0 aromatic heterocycles. The second kappa shape index (κ2) is 11.4. The van der Waals surface area contributed by atoms with E-state index in [1.54, 1.807) is 17.0 Å². The van der Waals surface area contributed by atoms with Crippen molar-refractivity contribution in [3.8, 4) is 5.75 Å². The van der Waals surface area contributed by atoms with Gasteiger partial charge >= 0.3 is 0 Å². The molecule has 34 heavy (non-hydrogen) atoms. The van der Waals surface area contributed by atoms with Crippen LogP contribution in [0.4, 0.5) is 4.79 Å². The summed E-state index contributed by atoms with van der Waals surface area (Å²) in [6, 6.07) is 12.9. The summed E-state index contributed by atoms with van der Waals surface area (Å²) in [5, 5.41) is 0.221. The van der Waals surface area contributed by atoms with Crippen LogP contribution in [-0.4, -0.2) is 46.5 Å². The van der Waals surface area contributed by atoms with E-state index in [2.05, 4.69) is 15.9 Å². The first-order chi connectivity index (χ1) is 16.4. The molecule has 0 aliphatic carbocycles. The van der Waals surface area contributed by atoms with Crippen molar-refractivity contribution in [2.75, 3.05) is 19.6 Å². The molecule has 0 spiro atoms. The van der Waals surface area contributed by atoms with E-state index >= 15 is 0 Å². The molecule has 0 N–H and O–H groups in total. The molecule has 2 fully saturated rings. The zero-order chi connectivity index (χ0) is 24.1. The maximum Gasteiger partial charge on any atom is 0.294 e. The van der Waals surface area contributed by atoms with Crippen molar-refractivity contribution >= 4 is 62.4 Å². The fraction of sp³-hybridized carbons (Fsp3) is 0.320. The highest BCUT2D eigenvalue weighted by molar-refractivity contribution is 9.10. The highest BCUT2D eigenvalue weighted by Gasteiger charge is 2.37. The smallest absolute Gasteiger partial charge is 0.294 e. The van der Waals surface area contributed by atoms with Gasteiger partial charge in [0.15, 0.2) is 0 Å². The van der Waals surface area contributed by atoms with Gasteiger partial charge in [-0.15, -0.1) is 0 Å². The molecule has 0 unspecified atom stereocenters. The monoisotopic (exact) mass is 562 g/mol. The van der Waals surface area contributed by atoms with Gasteiger partial charge in [0.25, 0.3) is 11.1 Å². The van der Waals surface area contributed by atoms with E-state index in [1.165, 1.54) is 0 Å². The Balaban J connectivity index is 1.40. The predicted molar refractivity (Wildman–Crippen MR) is 138 cm³/mol. The van der Waals surface area contributed by atoms with E-state index in [0.29, 0.717) is 39.8 Å². The minimum atomic E-state index is -0.437. The topological polar surface area (TPSA) is 66.9 Å². The number of carbonyl (C=O) groups is 3. The van der Waals surface area contributed by atoms with Gasteiger partial charge in [-0.3, -0.25) is 19.3 Å². The van der Waals surface area contributed by atoms with Gasteiger partial charge in [-0.05, 0) is 70.4 Å². The minimum Gasteiger partial charge on any atom is -0.488 e. The minimum absolute atomic E-state index is 0.173. The number of hydrogen-bond donors (Lipinski definition) is 0. The van der Waals surface area contributed by atoms with Crippen LogP contribution in [0.2, 0.25) is 5.02 Å². The molecule has 9 heteroatoms. The van der Waals surface area contributed by atoms with Crippen molar-refractivity contribution in [1.29, 1.82) is 0 Å². The first kappa shape index (κ1) is 24.8. The molecule has 2 aromatic rings. The SMILES string of the molecule is O=C(CN1C(=O)SC(=Cc2ccc(OCc3ccccc3Cl)c(Br)c2)C1=O)N1CCCCCC1. The van der Waals surface area contributed by atoms with Crippen molar-refractivity contribution in [3.05, 3.63) is 68.0 Å². The van der Waals surface area contributed by atoms with E-state index < -0.39 is 11.1 Å². The standard InChI is InChI=1S/C25H24BrClN2O4S/c26-19-13-17(9-10-21(19)33-16-18-7-3-4-8-20(18)27)14-22-24(31)29(25(32)34-22)15-23(30)28-11-5-1-2-6-12-28/h3-4,7-10,13-14H,1-2,5-6,11-12,15-16H2. The summed E-state index contributed by atoms with van der Waals surface area (Å²) in [5.74, 6) is 0.0229. The third-order valence-corrected chi connectivity index (χ3v) is 7.62. The maximum absolute atomic E-state index is 12.8. The molecule has 0 bridgehead atoms. The number of benzene rings is 2. The lowest BCUT2D eigenvalue weighted by Gasteiger charge is -2.22. The number of nitrogens with zero attached hydrogens (tertiary/aromatic N) is 2. The molecule has 2 aliphatic rings. The Morgan fingerprint density at radius 1 is 1.09 bits per heavy atom. The molecule has 0 atom stereocenters. The van der Waals surface area contributed by atoms with Crippen LogP contribution in [0, 0.1) is 0 Å². The number of hydrogen-bond acceptors (Lipinski definition) is 5. The van der Waals surface area contributed by atoms with Gasteiger partial charge in [0.2, 0.25) is 5.91 Å². The number of rotatable bonds is 6. The van der Waals surface area contributed by atoms with Gasteiger partial charge in [0.1, 0.15) is 18.9 Å². The van der Waals surface area contributed by atoms with Crippen LogP contribution in [0.1, 0.15) is 36.8 Å². The molecule has 2 heterocycles.